The number of methoxy groups -OCH3 is 1. The fourth-order valence-corrected chi connectivity index (χ4v) is 2.96. The van der Waals surface area contributed by atoms with E-state index in [0.717, 1.165) is 41.4 Å². The Bertz CT molecular complexity index is 799. The van der Waals surface area contributed by atoms with E-state index in [1.807, 2.05) is 36.4 Å². The minimum Gasteiger partial charge on any atom is -0.493 e. The second kappa shape index (κ2) is 6.91. The average molecular weight is 326 g/mol. The average Bonchev–Trinajstić information content (AvgIpc) is 2.59. The number of unbranched alkanes of at least 4 members (excludes halogenated alkanes) is 2. The number of ether oxygens (including phenoxy) is 2. The second-order valence-corrected chi connectivity index (χ2v) is 5.91. The van der Waals surface area contributed by atoms with Gasteiger partial charge < -0.3 is 14.4 Å². The van der Waals surface area contributed by atoms with Crippen LogP contribution in [-0.2, 0) is 4.79 Å². The third-order valence-electron chi connectivity index (χ3n) is 4.20. The van der Waals surface area contributed by atoms with Gasteiger partial charge in [-0.05, 0) is 30.0 Å². The van der Waals surface area contributed by atoms with Crippen LogP contribution in [0.1, 0.15) is 38.3 Å². The lowest BCUT2D eigenvalue weighted by Gasteiger charge is -2.25. The number of aromatic nitrogens is 1. The number of anilines is 1. The Morgan fingerprint density at radius 2 is 2.17 bits per heavy atom. The van der Waals surface area contributed by atoms with Crippen molar-refractivity contribution in [2.75, 3.05) is 19.1 Å². The number of carbonyl (C=O) groups excluding carboxylic acids is 1. The van der Waals surface area contributed by atoms with Gasteiger partial charge in [0.05, 0.1) is 18.5 Å². The molecule has 0 saturated carbocycles. The van der Waals surface area contributed by atoms with Gasteiger partial charge in [0.15, 0.2) is 11.5 Å². The monoisotopic (exact) mass is 326 g/mol. The summed E-state index contributed by atoms with van der Waals surface area (Å²) < 4.78 is 11.2. The van der Waals surface area contributed by atoms with E-state index in [4.69, 9.17) is 9.47 Å². The lowest BCUT2D eigenvalue weighted by molar-refractivity contribution is -0.134. The van der Waals surface area contributed by atoms with Gasteiger partial charge in [-0.3, -0.25) is 9.78 Å². The van der Waals surface area contributed by atoms with Crippen molar-refractivity contribution in [3.63, 3.8) is 0 Å². The van der Waals surface area contributed by atoms with Crippen molar-refractivity contribution < 1.29 is 14.3 Å². The van der Waals surface area contributed by atoms with E-state index in [2.05, 4.69) is 11.9 Å². The van der Waals surface area contributed by atoms with Gasteiger partial charge in [-0.25, -0.2) is 0 Å². The number of nitrogens with zero attached hydrogens (tertiary/aromatic N) is 2. The summed E-state index contributed by atoms with van der Waals surface area (Å²) in [4.78, 5) is 18.6. The fraction of sp³-hybridized carbons (Fsp3) is 0.368. The van der Waals surface area contributed by atoms with Gasteiger partial charge in [0, 0.05) is 31.3 Å². The van der Waals surface area contributed by atoms with Crippen molar-refractivity contribution in [1.29, 1.82) is 0 Å². The fourth-order valence-electron chi connectivity index (χ4n) is 2.96. The molecule has 1 aliphatic rings. The maximum absolute atomic E-state index is 12.2. The lowest BCUT2D eigenvalue weighted by Crippen LogP contribution is -2.17. The minimum absolute atomic E-state index is 0.231. The van der Waals surface area contributed by atoms with Crippen LogP contribution >= 0.6 is 0 Å². The van der Waals surface area contributed by atoms with Crippen LogP contribution in [0.2, 0.25) is 0 Å². The summed E-state index contributed by atoms with van der Waals surface area (Å²) in [5.41, 5.74) is 1.69. The Morgan fingerprint density at radius 3 is 2.92 bits per heavy atom. The van der Waals surface area contributed by atoms with Crippen molar-refractivity contribution in [3.05, 3.63) is 30.2 Å². The van der Waals surface area contributed by atoms with Crippen molar-refractivity contribution >= 4 is 28.5 Å². The maximum atomic E-state index is 12.2. The zero-order valence-corrected chi connectivity index (χ0v) is 14.3. The second-order valence-electron chi connectivity index (χ2n) is 5.91. The van der Waals surface area contributed by atoms with E-state index in [0.29, 0.717) is 17.9 Å². The Labute approximate surface area is 141 Å². The van der Waals surface area contributed by atoms with E-state index < -0.39 is 0 Å². The van der Waals surface area contributed by atoms with Crippen LogP contribution in [0.3, 0.4) is 0 Å². The molecule has 0 atom stereocenters. The predicted molar refractivity (Wildman–Crippen MR) is 95.5 cm³/mol. The van der Waals surface area contributed by atoms with Gasteiger partial charge in [0.25, 0.3) is 0 Å². The number of hydrogen-bond acceptors (Lipinski definition) is 5. The van der Waals surface area contributed by atoms with E-state index in [1.165, 1.54) is 0 Å². The Balaban J connectivity index is 2.05. The summed E-state index contributed by atoms with van der Waals surface area (Å²) in [5.74, 6) is 0.791. The molecule has 1 aliphatic heterocycles. The van der Waals surface area contributed by atoms with Gasteiger partial charge in [-0.2, -0.15) is 0 Å². The summed E-state index contributed by atoms with van der Waals surface area (Å²) in [7, 11) is 3.51. The normalized spacial score (nSPS) is 12.5. The highest BCUT2D eigenvalue weighted by Crippen LogP contribution is 2.46. The van der Waals surface area contributed by atoms with Crippen LogP contribution < -0.4 is 14.4 Å². The molecule has 24 heavy (non-hydrogen) atoms. The third-order valence-corrected chi connectivity index (χ3v) is 4.20. The largest absolute Gasteiger partial charge is 0.493 e. The number of esters is 1. The molecule has 0 bridgehead atoms. The molecule has 0 spiro atoms. The van der Waals surface area contributed by atoms with Gasteiger partial charge in [0.1, 0.15) is 0 Å². The van der Waals surface area contributed by atoms with Gasteiger partial charge >= 0.3 is 5.97 Å². The third kappa shape index (κ3) is 2.94. The quantitative estimate of drug-likeness (QED) is 0.453. The standard InChI is InChI=1S/C19H22N2O3/c1-4-5-6-7-16(22)24-19-15(23-3)12-13-8-10-20-14-9-11-21(2)18(19)17(13)14/h8-12H,4-7H2,1-3H3. The number of benzene rings is 1. The number of pyridine rings is 1. The first kappa shape index (κ1) is 16.3. The smallest absolute Gasteiger partial charge is 0.311 e. The minimum atomic E-state index is -0.231. The zero-order valence-electron chi connectivity index (χ0n) is 14.3. The van der Waals surface area contributed by atoms with E-state index in [-0.39, 0.29) is 5.97 Å². The van der Waals surface area contributed by atoms with Gasteiger partial charge in [-0.1, -0.05) is 19.8 Å². The van der Waals surface area contributed by atoms with Crippen LogP contribution in [0.4, 0.5) is 5.69 Å². The van der Waals surface area contributed by atoms with Crippen molar-refractivity contribution in [2.45, 2.75) is 32.6 Å². The molecule has 0 saturated heterocycles. The SMILES string of the molecule is CCCCCC(=O)Oc1c(OC)cc2ccnc3c2c1N(C)C=C3. The first-order chi connectivity index (χ1) is 11.7. The van der Waals surface area contributed by atoms with Gasteiger partial charge in [0.2, 0.25) is 0 Å². The Morgan fingerprint density at radius 1 is 1.33 bits per heavy atom. The molecule has 0 aliphatic carbocycles. The maximum Gasteiger partial charge on any atom is 0.311 e. The highest BCUT2D eigenvalue weighted by Gasteiger charge is 2.24. The molecule has 0 fully saturated rings. The van der Waals surface area contributed by atoms with Crippen molar-refractivity contribution in [3.8, 4) is 11.5 Å². The summed E-state index contributed by atoms with van der Waals surface area (Å²) >= 11 is 0. The molecule has 5 heteroatoms. The molecule has 1 aromatic carbocycles. The molecular weight excluding hydrogens is 304 g/mol. The highest BCUT2D eigenvalue weighted by atomic mass is 16.6. The van der Waals surface area contributed by atoms with Crippen molar-refractivity contribution in [1.82, 2.24) is 4.98 Å². The first-order valence-corrected chi connectivity index (χ1v) is 8.27. The van der Waals surface area contributed by atoms with Crippen molar-refractivity contribution in [2.24, 2.45) is 0 Å². The molecular formula is C19H22N2O3. The van der Waals surface area contributed by atoms with Crippen LogP contribution in [0.15, 0.2) is 24.5 Å². The summed E-state index contributed by atoms with van der Waals surface area (Å²) in [6, 6.07) is 3.83. The topological polar surface area (TPSA) is 51.7 Å². The highest BCUT2D eigenvalue weighted by molar-refractivity contribution is 6.06. The molecule has 126 valence electrons. The molecule has 3 rings (SSSR count). The summed E-state index contributed by atoms with van der Waals surface area (Å²) in [5, 5.41) is 1.98. The lowest BCUT2D eigenvalue weighted by atomic mass is 10.0. The molecule has 0 radical (unpaired) electrons. The molecule has 5 nitrogen and oxygen atoms in total. The van der Waals surface area contributed by atoms with E-state index >= 15 is 0 Å². The Hall–Kier alpha value is -2.56. The predicted octanol–water partition coefficient (Wildman–Crippen LogP) is 4.15. The van der Waals surface area contributed by atoms with E-state index in [1.54, 1.807) is 13.3 Å². The number of carbonyl (C=O) groups is 1. The zero-order chi connectivity index (χ0) is 17.1. The molecule has 0 N–H and O–H groups in total. The summed E-state index contributed by atoms with van der Waals surface area (Å²) in [6.45, 7) is 2.11. The van der Waals surface area contributed by atoms with E-state index in [9.17, 15) is 4.79 Å². The molecule has 0 unspecified atom stereocenters. The van der Waals surface area contributed by atoms with Crippen LogP contribution in [0.25, 0.3) is 16.8 Å². The van der Waals surface area contributed by atoms with Crippen LogP contribution in [0.5, 0.6) is 11.5 Å². The summed E-state index contributed by atoms with van der Waals surface area (Å²) in [6.07, 6.45) is 8.98. The van der Waals surface area contributed by atoms with Crippen LogP contribution in [-0.4, -0.2) is 25.1 Å². The number of rotatable bonds is 6. The molecule has 2 aromatic rings. The Kier molecular flexibility index (Phi) is 4.69. The molecule has 1 aromatic heterocycles. The van der Waals surface area contributed by atoms with Gasteiger partial charge in [-0.15, -0.1) is 0 Å². The molecule has 2 heterocycles. The molecule has 0 amide bonds. The first-order valence-electron chi connectivity index (χ1n) is 8.27. The number of hydrogen-bond donors (Lipinski definition) is 0. The van der Waals surface area contributed by atoms with Crippen LogP contribution in [0, 0.1) is 0 Å².